The monoisotopic (exact) mass is 203 g/mol. The van der Waals surface area contributed by atoms with Gasteiger partial charge in [-0.3, -0.25) is 0 Å². The zero-order valence-electron chi connectivity index (χ0n) is 8.50. The van der Waals surface area contributed by atoms with Crippen molar-refractivity contribution in [3.05, 3.63) is 0 Å². The molecule has 2 atom stereocenters. The molecule has 2 unspecified atom stereocenters. The molecule has 1 saturated carbocycles. The van der Waals surface area contributed by atoms with E-state index in [9.17, 15) is 0 Å². The molecule has 0 amide bonds. The van der Waals surface area contributed by atoms with Gasteiger partial charge in [0.2, 0.25) is 0 Å². The highest BCUT2D eigenvalue weighted by molar-refractivity contribution is 7.99. The van der Waals surface area contributed by atoms with Gasteiger partial charge in [-0.05, 0) is 37.5 Å². The van der Waals surface area contributed by atoms with Crippen molar-refractivity contribution in [2.75, 3.05) is 26.0 Å². The Morgan fingerprint density at radius 3 is 3.00 bits per heavy atom. The molecule has 0 bridgehead atoms. The largest absolute Gasteiger partial charge is 0.385 e. The van der Waals surface area contributed by atoms with Gasteiger partial charge >= 0.3 is 0 Å². The van der Waals surface area contributed by atoms with Gasteiger partial charge in [-0.2, -0.15) is 11.8 Å². The lowest BCUT2D eigenvalue weighted by Crippen LogP contribution is -2.20. The quantitative estimate of drug-likeness (QED) is 0.670. The minimum absolute atomic E-state index is 0.785. The molecule has 1 aliphatic carbocycles. The summed E-state index contributed by atoms with van der Waals surface area (Å²) in [5.74, 6) is 2.02. The average molecular weight is 203 g/mol. The number of ether oxygens (including phenoxy) is 1. The maximum atomic E-state index is 5.72. The first-order valence-electron chi connectivity index (χ1n) is 5.19. The highest BCUT2D eigenvalue weighted by Gasteiger charge is 2.25. The minimum atomic E-state index is 0.785. The molecular weight excluding hydrogens is 182 g/mol. The second-order valence-electron chi connectivity index (χ2n) is 3.68. The second-order valence-corrected chi connectivity index (χ2v) is 5.03. The van der Waals surface area contributed by atoms with Crippen molar-refractivity contribution >= 4 is 11.8 Å². The van der Waals surface area contributed by atoms with Gasteiger partial charge in [0, 0.05) is 19.0 Å². The van der Waals surface area contributed by atoms with E-state index in [1.807, 2.05) is 0 Å². The summed E-state index contributed by atoms with van der Waals surface area (Å²) >= 11 is 2.10. The number of methoxy groups -OCH3 is 1. The molecule has 0 spiro atoms. The van der Waals surface area contributed by atoms with Crippen molar-refractivity contribution in [3.8, 4) is 0 Å². The first kappa shape index (κ1) is 11.3. The lowest BCUT2D eigenvalue weighted by atomic mass is 10.1. The van der Waals surface area contributed by atoms with Gasteiger partial charge < -0.3 is 10.5 Å². The zero-order valence-corrected chi connectivity index (χ0v) is 9.31. The van der Waals surface area contributed by atoms with Crippen molar-refractivity contribution in [2.45, 2.75) is 30.9 Å². The predicted octanol–water partition coefficient (Wildman–Crippen LogP) is 1.88. The Morgan fingerprint density at radius 1 is 1.46 bits per heavy atom. The van der Waals surface area contributed by atoms with Crippen LogP contribution in [0.15, 0.2) is 0 Å². The Labute approximate surface area is 85.6 Å². The van der Waals surface area contributed by atoms with Crippen molar-refractivity contribution in [1.82, 2.24) is 0 Å². The summed E-state index contributed by atoms with van der Waals surface area (Å²) in [6.45, 7) is 1.77. The third-order valence-corrected chi connectivity index (χ3v) is 4.29. The van der Waals surface area contributed by atoms with E-state index in [0.717, 1.165) is 24.3 Å². The molecule has 2 N–H and O–H groups in total. The van der Waals surface area contributed by atoms with Crippen molar-refractivity contribution in [1.29, 1.82) is 0 Å². The lowest BCUT2D eigenvalue weighted by Gasteiger charge is -2.16. The van der Waals surface area contributed by atoms with Gasteiger partial charge in [0.15, 0.2) is 0 Å². The van der Waals surface area contributed by atoms with Crippen LogP contribution < -0.4 is 5.73 Å². The van der Waals surface area contributed by atoms with Crippen molar-refractivity contribution in [2.24, 2.45) is 11.7 Å². The Balaban J connectivity index is 2.06. The summed E-state index contributed by atoms with van der Waals surface area (Å²) in [5, 5.41) is 0.835. The molecule has 0 aromatic carbocycles. The summed E-state index contributed by atoms with van der Waals surface area (Å²) in [7, 11) is 1.77. The molecule has 13 heavy (non-hydrogen) atoms. The summed E-state index contributed by atoms with van der Waals surface area (Å²) in [4.78, 5) is 0. The van der Waals surface area contributed by atoms with Crippen LogP contribution in [0.2, 0.25) is 0 Å². The van der Waals surface area contributed by atoms with Crippen molar-refractivity contribution < 1.29 is 4.74 Å². The van der Waals surface area contributed by atoms with Crippen LogP contribution in [0.5, 0.6) is 0 Å². The van der Waals surface area contributed by atoms with Crippen LogP contribution in [-0.2, 0) is 4.74 Å². The molecule has 0 radical (unpaired) electrons. The van der Waals surface area contributed by atoms with Gasteiger partial charge in [-0.1, -0.05) is 6.42 Å². The maximum Gasteiger partial charge on any atom is 0.0470 e. The Hall–Kier alpha value is 0.270. The van der Waals surface area contributed by atoms with Gasteiger partial charge in [-0.15, -0.1) is 0 Å². The summed E-state index contributed by atoms with van der Waals surface area (Å²) in [5.41, 5.74) is 5.72. The molecule has 0 aliphatic heterocycles. The van der Waals surface area contributed by atoms with Gasteiger partial charge in [0.1, 0.15) is 0 Å². The van der Waals surface area contributed by atoms with Crippen LogP contribution in [0, 0.1) is 5.92 Å². The Kier molecular flexibility index (Phi) is 5.83. The normalized spacial score (nSPS) is 28.2. The molecular formula is C10H21NOS. The summed E-state index contributed by atoms with van der Waals surface area (Å²) < 4.78 is 5.02. The fourth-order valence-electron chi connectivity index (χ4n) is 1.93. The lowest BCUT2D eigenvalue weighted by molar-refractivity contribution is 0.200. The highest BCUT2D eigenvalue weighted by atomic mass is 32.2. The molecule has 0 aromatic rings. The van der Waals surface area contributed by atoms with Crippen LogP contribution >= 0.6 is 11.8 Å². The molecule has 1 rings (SSSR count). The van der Waals surface area contributed by atoms with Crippen LogP contribution in [0.25, 0.3) is 0 Å². The van der Waals surface area contributed by atoms with Crippen LogP contribution in [0.4, 0.5) is 0 Å². The number of nitrogens with two attached hydrogens (primary N) is 1. The second kappa shape index (κ2) is 6.68. The Morgan fingerprint density at radius 2 is 2.31 bits per heavy atom. The van der Waals surface area contributed by atoms with E-state index in [1.165, 1.54) is 31.4 Å². The van der Waals surface area contributed by atoms with E-state index < -0.39 is 0 Å². The maximum absolute atomic E-state index is 5.72. The van der Waals surface area contributed by atoms with E-state index in [0.29, 0.717) is 0 Å². The first-order chi connectivity index (χ1) is 6.38. The molecule has 0 heterocycles. The minimum Gasteiger partial charge on any atom is -0.385 e. The van der Waals surface area contributed by atoms with E-state index in [-0.39, 0.29) is 0 Å². The summed E-state index contributed by atoms with van der Waals surface area (Å²) in [6, 6.07) is 0. The van der Waals surface area contributed by atoms with Crippen LogP contribution in [0.3, 0.4) is 0 Å². The van der Waals surface area contributed by atoms with E-state index >= 15 is 0 Å². The molecule has 3 heteroatoms. The van der Waals surface area contributed by atoms with Crippen LogP contribution in [0.1, 0.15) is 25.7 Å². The highest BCUT2D eigenvalue weighted by Crippen LogP contribution is 2.34. The standard InChI is InChI=1S/C10H21NOS/c1-12-6-3-7-13-10-5-2-4-9(10)8-11/h9-10H,2-8,11H2,1H3. The van der Waals surface area contributed by atoms with Crippen molar-refractivity contribution in [3.63, 3.8) is 0 Å². The third kappa shape index (κ3) is 3.88. The fourth-order valence-corrected chi connectivity index (χ4v) is 3.37. The van der Waals surface area contributed by atoms with E-state index in [4.69, 9.17) is 10.5 Å². The molecule has 1 aliphatic rings. The molecule has 0 aromatic heterocycles. The van der Waals surface area contributed by atoms with Crippen LogP contribution in [-0.4, -0.2) is 31.3 Å². The molecule has 0 saturated heterocycles. The zero-order chi connectivity index (χ0) is 9.52. The number of thioether (sulfide) groups is 1. The fraction of sp³-hybridized carbons (Fsp3) is 1.00. The average Bonchev–Trinajstić information content (AvgIpc) is 2.60. The first-order valence-corrected chi connectivity index (χ1v) is 6.24. The summed E-state index contributed by atoms with van der Waals surface area (Å²) in [6.07, 6.45) is 5.27. The van der Waals surface area contributed by atoms with E-state index in [1.54, 1.807) is 7.11 Å². The number of hydrogen-bond donors (Lipinski definition) is 1. The Bertz CT molecular complexity index is 132. The molecule has 1 fully saturated rings. The topological polar surface area (TPSA) is 35.2 Å². The van der Waals surface area contributed by atoms with Gasteiger partial charge in [0.05, 0.1) is 0 Å². The molecule has 2 nitrogen and oxygen atoms in total. The van der Waals surface area contributed by atoms with Gasteiger partial charge in [-0.25, -0.2) is 0 Å². The third-order valence-electron chi connectivity index (χ3n) is 2.72. The van der Waals surface area contributed by atoms with E-state index in [2.05, 4.69) is 11.8 Å². The SMILES string of the molecule is COCCCSC1CCCC1CN. The van der Waals surface area contributed by atoms with Gasteiger partial charge in [0.25, 0.3) is 0 Å². The number of rotatable bonds is 6. The predicted molar refractivity (Wildman–Crippen MR) is 59.1 cm³/mol. The number of hydrogen-bond acceptors (Lipinski definition) is 3. The smallest absolute Gasteiger partial charge is 0.0470 e. The molecule has 78 valence electrons.